The molecule has 2 saturated heterocycles. The van der Waals surface area contributed by atoms with Crippen LogP contribution in [0.1, 0.15) is 40.0 Å². The van der Waals surface area contributed by atoms with Gasteiger partial charge in [-0.25, -0.2) is 0 Å². The molecule has 0 radical (unpaired) electrons. The minimum Gasteiger partial charge on any atom is -0.371 e. The molecule has 2 rings (SSSR count). The Morgan fingerprint density at radius 3 is 2.55 bits per heavy atom. The number of ether oxygens (including phenoxy) is 1. The fraction of sp³-hybridized carbons (Fsp3) is 1.00. The van der Waals surface area contributed by atoms with Crippen LogP contribution in [0.5, 0.6) is 0 Å². The molecule has 2 aliphatic heterocycles. The molecule has 2 heterocycles. The van der Waals surface area contributed by atoms with Crippen molar-refractivity contribution in [3.8, 4) is 0 Å². The lowest BCUT2D eigenvalue weighted by molar-refractivity contribution is -0.0282. The number of rotatable bonds is 5. The maximum absolute atomic E-state index is 6.13. The van der Waals surface area contributed by atoms with Crippen LogP contribution in [-0.2, 0) is 4.74 Å². The molecule has 2 fully saturated rings. The first-order valence-corrected chi connectivity index (χ1v) is 8.31. The molecule has 2 N–H and O–H groups in total. The quantitative estimate of drug-likeness (QED) is 0.831. The van der Waals surface area contributed by atoms with Gasteiger partial charge in [0.2, 0.25) is 0 Å². The molecule has 0 saturated carbocycles. The van der Waals surface area contributed by atoms with Crippen molar-refractivity contribution in [2.75, 3.05) is 45.8 Å². The Labute approximate surface area is 124 Å². The van der Waals surface area contributed by atoms with Crippen molar-refractivity contribution in [3.05, 3.63) is 0 Å². The zero-order valence-corrected chi connectivity index (χ0v) is 13.6. The number of nitrogens with zero attached hydrogens (tertiary/aromatic N) is 2. The summed E-state index contributed by atoms with van der Waals surface area (Å²) in [7, 11) is 0. The Hall–Kier alpha value is -0.160. The third-order valence-corrected chi connectivity index (χ3v) is 4.67. The number of hydrogen-bond acceptors (Lipinski definition) is 4. The Kier molecular flexibility index (Phi) is 5.84. The first kappa shape index (κ1) is 16.2. The number of nitrogens with two attached hydrogens (primary N) is 1. The van der Waals surface area contributed by atoms with Crippen molar-refractivity contribution in [1.82, 2.24) is 9.80 Å². The van der Waals surface area contributed by atoms with Gasteiger partial charge in [0.1, 0.15) is 0 Å². The molecule has 2 aliphatic rings. The average molecular weight is 283 g/mol. The summed E-state index contributed by atoms with van der Waals surface area (Å²) in [6.07, 6.45) is 4.13. The fourth-order valence-corrected chi connectivity index (χ4v) is 3.40. The Morgan fingerprint density at radius 2 is 1.90 bits per heavy atom. The van der Waals surface area contributed by atoms with E-state index in [2.05, 4.69) is 30.6 Å². The van der Waals surface area contributed by atoms with Crippen LogP contribution < -0.4 is 5.73 Å². The van der Waals surface area contributed by atoms with Crippen molar-refractivity contribution >= 4 is 0 Å². The van der Waals surface area contributed by atoms with Gasteiger partial charge in [0.25, 0.3) is 0 Å². The molecule has 118 valence electrons. The van der Waals surface area contributed by atoms with Crippen LogP contribution in [0.3, 0.4) is 0 Å². The van der Waals surface area contributed by atoms with E-state index in [0.717, 1.165) is 19.6 Å². The van der Waals surface area contributed by atoms with Gasteiger partial charge < -0.3 is 15.4 Å². The predicted molar refractivity (Wildman–Crippen MR) is 83.9 cm³/mol. The molecular formula is C16H33N3O. The van der Waals surface area contributed by atoms with E-state index in [1.54, 1.807) is 0 Å². The van der Waals surface area contributed by atoms with Crippen molar-refractivity contribution in [3.63, 3.8) is 0 Å². The molecular weight excluding hydrogens is 250 g/mol. The summed E-state index contributed by atoms with van der Waals surface area (Å²) in [5.74, 6) is 0.612. The van der Waals surface area contributed by atoms with E-state index in [-0.39, 0.29) is 5.60 Å². The summed E-state index contributed by atoms with van der Waals surface area (Å²) < 4.78 is 6.13. The topological polar surface area (TPSA) is 41.7 Å². The lowest BCUT2D eigenvalue weighted by Crippen LogP contribution is -2.38. The van der Waals surface area contributed by atoms with Crippen LogP contribution in [0, 0.1) is 5.92 Å². The summed E-state index contributed by atoms with van der Waals surface area (Å²) in [6, 6.07) is 0. The van der Waals surface area contributed by atoms with E-state index in [0.29, 0.717) is 12.0 Å². The molecule has 0 bridgehead atoms. The maximum atomic E-state index is 6.13. The highest BCUT2D eigenvalue weighted by atomic mass is 16.5. The normalized spacial score (nSPS) is 30.3. The Bertz CT molecular complexity index is 295. The molecule has 0 aliphatic carbocycles. The summed E-state index contributed by atoms with van der Waals surface area (Å²) in [6.45, 7) is 14.5. The zero-order chi connectivity index (χ0) is 14.6. The van der Waals surface area contributed by atoms with Crippen LogP contribution in [0.25, 0.3) is 0 Å². The van der Waals surface area contributed by atoms with Crippen LogP contribution in [0.4, 0.5) is 0 Å². The van der Waals surface area contributed by atoms with Gasteiger partial charge in [-0.05, 0) is 58.7 Å². The van der Waals surface area contributed by atoms with E-state index < -0.39 is 0 Å². The highest BCUT2D eigenvalue weighted by Gasteiger charge is 2.32. The van der Waals surface area contributed by atoms with Gasteiger partial charge in [0.15, 0.2) is 0 Å². The third kappa shape index (κ3) is 4.99. The average Bonchev–Trinajstić information content (AvgIpc) is 2.60. The van der Waals surface area contributed by atoms with Gasteiger partial charge in [-0.3, -0.25) is 4.90 Å². The van der Waals surface area contributed by atoms with Gasteiger partial charge in [-0.1, -0.05) is 6.92 Å². The fourth-order valence-electron chi connectivity index (χ4n) is 3.40. The second kappa shape index (κ2) is 7.21. The molecule has 2 atom stereocenters. The largest absolute Gasteiger partial charge is 0.371 e. The molecule has 0 aromatic rings. The van der Waals surface area contributed by atoms with Crippen LogP contribution in [-0.4, -0.2) is 67.3 Å². The lowest BCUT2D eigenvalue weighted by Gasteiger charge is -2.26. The molecule has 0 aromatic carbocycles. The predicted octanol–water partition coefficient (Wildman–Crippen LogP) is 1.55. The second-order valence-corrected chi connectivity index (χ2v) is 7.33. The molecule has 20 heavy (non-hydrogen) atoms. The summed E-state index contributed by atoms with van der Waals surface area (Å²) >= 11 is 0. The van der Waals surface area contributed by atoms with E-state index in [9.17, 15) is 0 Å². The highest BCUT2D eigenvalue weighted by Crippen LogP contribution is 2.29. The van der Waals surface area contributed by atoms with E-state index in [4.69, 9.17) is 10.5 Å². The monoisotopic (exact) mass is 283 g/mol. The zero-order valence-electron chi connectivity index (χ0n) is 13.6. The Balaban J connectivity index is 1.73. The van der Waals surface area contributed by atoms with Gasteiger partial charge in [0.05, 0.1) is 11.7 Å². The standard InChI is InChI=1S/C16H33N3O/c1-14(11-17)12-18-7-4-8-19(10-9-18)13-15-5-6-16(2,3)20-15/h14-15H,4-13,17H2,1-3H3. The number of hydrogen-bond donors (Lipinski definition) is 1. The first-order chi connectivity index (χ1) is 9.48. The SMILES string of the molecule is CC(CN)CN1CCCN(CC2CCC(C)(C)O2)CC1. The van der Waals surface area contributed by atoms with Crippen LogP contribution in [0.2, 0.25) is 0 Å². The minimum atomic E-state index is 0.0963. The van der Waals surface area contributed by atoms with Crippen molar-refractivity contribution < 1.29 is 4.74 Å². The van der Waals surface area contributed by atoms with Crippen molar-refractivity contribution in [1.29, 1.82) is 0 Å². The summed E-state index contributed by atoms with van der Waals surface area (Å²) in [5.41, 5.74) is 5.83. The smallest absolute Gasteiger partial charge is 0.0710 e. The Morgan fingerprint density at radius 1 is 1.20 bits per heavy atom. The summed E-state index contributed by atoms with van der Waals surface area (Å²) in [4.78, 5) is 5.18. The van der Waals surface area contributed by atoms with Gasteiger partial charge in [-0.2, -0.15) is 0 Å². The minimum absolute atomic E-state index is 0.0963. The molecule has 4 nitrogen and oxygen atoms in total. The van der Waals surface area contributed by atoms with Crippen LogP contribution in [0.15, 0.2) is 0 Å². The molecule has 0 amide bonds. The molecule has 0 aromatic heterocycles. The van der Waals surface area contributed by atoms with Crippen LogP contribution >= 0.6 is 0 Å². The highest BCUT2D eigenvalue weighted by molar-refractivity contribution is 4.83. The first-order valence-electron chi connectivity index (χ1n) is 8.31. The van der Waals surface area contributed by atoms with Gasteiger partial charge >= 0.3 is 0 Å². The van der Waals surface area contributed by atoms with Crippen molar-refractivity contribution in [2.45, 2.75) is 51.7 Å². The van der Waals surface area contributed by atoms with Gasteiger partial charge in [-0.15, -0.1) is 0 Å². The molecule has 0 spiro atoms. The van der Waals surface area contributed by atoms with E-state index >= 15 is 0 Å². The van der Waals surface area contributed by atoms with E-state index in [1.807, 2.05) is 0 Å². The van der Waals surface area contributed by atoms with E-state index in [1.165, 1.54) is 45.4 Å². The van der Waals surface area contributed by atoms with Crippen molar-refractivity contribution in [2.24, 2.45) is 11.7 Å². The second-order valence-electron chi connectivity index (χ2n) is 7.33. The molecule has 4 heteroatoms. The maximum Gasteiger partial charge on any atom is 0.0710 e. The molecule has 2 unspecified atom stereocenters. The van der Waals surface area contributed by atoms with Gasteiger partial charge in [0, 0.05) is 26.2 Å². The lowest BCUT2D eigenvalue weighted by atomic mass is 10.1. The summed E-state index contributed by atoms with van der Waals surface area (Å²) in [5, 5.41) is 0. The third-order valence-electron chi connectivity index (χ3n) is 4.67.